The van der Waals surface area contributed by atoms with Crippen molar-refractivity contribution < 1.29 is 17.9 Å². The van der Waals surface area contributed by atoms with Crippen molar-refractivity contribution in [1.82, 2.24) is 19.7 Å². The normalized spacial score (nSPS) is 14.5. The highest BCUT2D eigenvalue weighted by molar-refractivity contribution is 7.89. The minimum absolute atomic E-state index is 0.0547. The Morgan fingerprint density at radius 1 is 1.03 bits per heavy atom. The van der Waals surface area contributed by atoms with Gasteiger partial charge in [-0.2, -0.15) is 15.0 Å². The molecule has 0 atom stereocenters. The van der Waals surface area contributed by atoms with Crippen molar-refractivity contribution >= 4 is 21.9 Å². The summed E-state index contributed by atoms with van der Waals surface area (Å²) in [6.45, 7) is 1.71. The number of benzene rings is 1. The summed E-state index contributed by atoms with van der Waals surface area (Å²) in [4.78, 5) is 17.4. The Kier molecular flexibility index (Phi) is 6.93. The molecule has 1 N–H and O–H groups in total. The monoisotopic (exact) mass is 436 g/mol. The van der Waals surface area contributed by atoms with Crippen LogP contribution in [-0.2, 0) is 16.6 Å². The second-order valence-corrected chi connectivity index (χ2v) is 8.90. The fourth-order valence-corrected chi connectivity index (χ4v) is 4.13. The van der Waals surface area contributed by atoms with Gasteiger partial charge in [0, 0.05) is 33.3 Å². The second-order valence-electron chi connectivity index (χ2n) is 7.14. The van der Waals surface area contributed by atoms with E-state index in [1.807, 2.05) is 14.1 Å². The van der Waals surface area contributed by atoms with E-state index >= 15 is 0 Å². The number of sulfonamides is 1. The predicted octanol–water partition coefficient (Wildman–Crippen LogP) is 1.42. The third kappa shape index (κ3) is 5.08. The van der Waals surface area contributed by atoms with E-state index < -0.39 is 10.0 Å². The largest absolute Gasteiger partial charge is 0.493 e. The molecule has 1 aromatic carbocycles. The van der Waals surface area contributed by atoms with Gasteiger partial charge in [-0.15, -0.1) is 0 Å². The van der Waals surface area contributed by atoms with Gasteiger partial charge in [0.15, 0.2) is 17.3 Å². The number of rotatable bonds is 8. The summed E-state index contributed by atoms with van der Waals surface area (Å²) in [5, 5.41) is 0. The van der Waals surface area contributed by atoms with Crippen LogP contribution in [0.2, 0.25) is 0 Å². The highest BCUT2D eigenvalue weighted by atomic mass is 32.2. The Balaban J connectivity index is 1.82. The third-order valence-electron chi connectivity index (χ3n) is 4.78. The minimum atomic E-state index is -3.80. The van der Waals surface area contributed by atoms with Crippen LogP contribution in [-0.4, -0.2) is 64.8 Å². The molecule has 164 valence electrons. The molecule has 0 aliphatic carbocycles. The first-order valence-electron chi connectivity index (χ1n) is 9.73. The fourth-order valence-electron chi connectivity index (χ4n) is 3.14. The van der Waals surface area contributed by atoms with E-state index in [0.717, 1.165) is 25.9 Å². The first kappa shape index (κ1) is 22.0. The quantitative estimate of drug-likeness (QED) is 0.657. The topological polar surface area (TPSA) is 110 Å². The summed E-state index contributed by atoms with van der Waals surface area (Å²) in [6.07, 6.45) is 3.37. The lowest BCUT2D eigenvalue weighted by molar-refractivity contribution is 0.354. The number of ether oxygens (including phenoxy) is 2. The van der Waals surface area contributed by atoms with E-state index in [9.17, 15) is 8.42 Å². The Hall–Kier alpha value is -2.66. The van der Waals surface area contributed by atoms with Crippen molar-refractivity contribution in [1.29, 1.82) is 0 Å². The molecule has 0 radical (unpaired) electrons. The van der Waals surface area contributed by atoms with Gasteiger partial charge in [-0.05, 0) is 31.4 Å². The summed E-state index contributed by atoms with van der Waals surface area (Å²) in [7, 11) is 2.83. The number of hydrogen-bond acceptors (Lipinski definition) is 9. The maximum absolute atomic E-state index is 12.8. The number of nitrogens with one attached hydrogen (secondary N) is 1. The van der Waals surface area contributed by atoms with Crippen LogP contribution in [0.1, 0.15) is 25.1 Å². The van der Waals surface area contributed by atoms with Gasteiger partial charge in [-0.3, -0.25) is 0 Å². The molecular weight excluding hydrogens is 408 g/mol. The number of aromatic nitrogens is 3. The Bertz CT molecular complexity index is 977. The van der Waals surface area contributed by atoms with E-state index in [2.05, 4.69) is 24.6 Å². The molecule has 1 fully saturated rings. The van der Waals surface area contributed by atoms with E-state index in [-0.39, 0.29) is 11.4 Å². The average Bonchev–Trinajstić information content (AvgIpc) is 2.77. The molecule has 2 aromatic rings. The molecule has 10 nitrogen and oxygen atoms in total. The van der Waals surface area contributed by atoms with Gasteiger partial charge in [0.05, 0.1) is 25.7 Å². The zero-order valence-electron chi connectivity index (χ0n) is 17.8. The van der Waals surface area contributed by atoms with Crippen LogP contribution in [0.15, 0.2) is 23.1 Å². The molecule has 1 aromatic heterocycles. The molecule has 0 spiro atoms. The van der Waals surface area contributed by atoms with Gasteiger partial charge < -0.3 is 19.3 Å². The predicted molar refractivity (Wildman–Crippen MR) is 114 cm³/mol. The van der Waals surface area contributed by atoms with Crippen LogP contribution in [0.3, 0.4) is 0 Å². The molecule has 1 saturated heterocycles. The summed E-state index contributed by atoms with van der Waals surface area (Å²) in [6, 6.07) is 4.43. The molecule has 2 heterocycles. The van der Waals surface area contributed by atoms with Gasteiger partial charge in [0.2, 0.25) is 21.9 Å². The van der Waals surface area contributed by atoms with Crippen molar-refractivity contribution in [3.8, 4) is 11.5 Å². The number of hydrogen-bond donors (Lipinski definition) is 1. The highest BCUT2D eigenvalue weighted by Gasteiger charge is 2.20. The summed E-state index contributed by atoms with van der Waals surface area (Å²) in [5.41, 5.74) is 0. The van der Waals surface area contributed by atoms with E-state index in [1.165, 1.54) is 32.8 Å². The number of anilines is 2. The molecule has 11 heteroatoms. The van der Waals surface area contributed by atoms with Gasteiger partial charge in [-0.1, -0.05) is 0 Å². The zero-order chi connectivity index (χ0) is 21.7. The Morgan fingerprint density at radius 2 is 1.73 bits per heavy atom. The first-order chi connectivity index (χ1) is 14.3. The molecule has 0 bridgehead atoms. The van der Waals surface area contributed by atoms with Crippen molar-refractivity contribution in [2.24, 2.45) is 0 Å². The van der Waals surface area contributed by atoms with Gasteiger partial charge in [0.25, 0.3) is 0 Å². The van der Waals surface area contributed by atoms with Gasteiger partial charge in [-0.25, -0.2) is 13.1 Å². The minimum Gasteiger partial charge on any atom is -0.493 e. The third-order valence-corrected chi connectivity index (χ3v) is 6.18. The Labute approximate surface area is 177 Å². The lowest BCUT2D eigenvalue weighted by Crippen LogP contribution is -2.33. The molecule has 1 aliphatic rings. The van der Waals surface area contributed by atoms with Crippen LogP contribution >= 0.6 is 0 Å². The summed E-state index contributed by atoms with van der Waals surface area (Å²) >= 11 is 0. The molecule has 0 amide bonds. The number of methoxy groups -OCH3 is 2. The maximum Gasteiger partial charge on any atom is 0.241 e. The molecule has 0 unspecified atom stereocenters. The van der Waals surface area contributed by atoms with Crippen LogP contribution in [0.4, 0.5) is 11.9 Å². The van der Waals surface area contributed by atoms with Crippen molar-refractivity contribution in [3.63, 3.8) is 0 Å². The highest BCUT2D eigenvalue weighted by Crippen LogP contribution is 2.29. The van der Waals surface area contributed by atoms with Crippen molar-refractivity contribution in [2.45, 2.75) is 30.7 Å². The smallest absolute Gasteiger partial charge is 0.241 e. The summed E-state index contributed by atoms with van der Waals surface area (Å²) in [5.74, 6) is 2.22. The van der Waals surface area contributed by atoms with Gasteiger partial charge >= 0.3 is 0 Å². The molecule has 3 rings (SSSR count). The summed E-state index contributed by atoms with van der Waals surface area (Å²) < 4.78 is 38.5. The Morgan fingerprint density at radius 3 is 2.37 bits per heavy atom. The molecule has 30 heavy (non-hydrogen) atoms. The van der Waals surface area contributed by atoms with Crippen LogP contribution in [0.5, 0.6) is 11.5 Å². The lowest BCUT2D eigenvalue weighted by Gasteiger charge is -2.27. The standard InChI is InChI=1S/C19H28N6O4S/c1-24(2)18-21-17(22-19(23-18)25-10-6-5-7-11-25)13-20-30(26,27)14-8-9-15(28-3)16(12-14)29-4/h8-9,12,20H,5-7,10-11,13H2,1-4H3. The average molecular weight is 437 g/mol. The number of piperidine rings is 1. The first-order valence-corrected chi connectivity index (χ1v) is 11.2. The maximum atomic E-state index is 12.8. The van der Waals surface area contributed by atoms with Crippen LogP contribution in [0.25, 0.3) is 0 Å². The van der Waals surface area contributed by atoms with E-state index in [4.69, 9.17) is 9.47 Å². The van der Waals surface area contributed by atoms with Crippen molar-refractivity contribution in [2.75, 3.05) is 51.2 Å². The zero-order valence-corrected chi connectivity index (χ0v) is 18.6. The van der Waals surface area contributed by atoms with E-state index in [0.29, 0.717) is 29.2 Å². The lowest BCUT2D eigenvalue weighted by atomic mass is 10.1. The molecule has 0 saturated carbocycles. The van der Waals surface area contributed by atoms with E-state index in [1.54, 1.807) is 11.0 Å². The SMILES string of the molecule is COc1ccc(S(=O)(=O)NCc2nc(N(C)C)nc(N3CCCCC3)n2)cc1OC. The molecule has 1 aliphatic heterocycles. The second kappa shape index (κ2) is 9.43. The van der Waals surface area contributed by atoms with Crippen LogP contribution in [0, 0.1) is 0 Å². The van der Waals surface area contributed by atoms with Gasteiger partial charge in [0.1, 0.15) is 0 Å². The fraction of sp³-hybridized carbons (Fsp3) is 0.526. The number of nitrogens with zero attached hydrogens (tertiary/aromatic N) is 5. The van der Waals surface area contributed by atoms with Crippen LogP contribution < -0.4 is 24.0 Å². The molecular formula is C19H28N6O4S. The van der Waals surface area contributed by atoms with Crippen molar-refractivity contribution in [3.05, 3.63) is 24.0 Å².